The van der Waals surface area contributed by atoms with Crippen LogP contribution in [0.25, 0.3) is 11.0 Å². The highest BCUT2D eigenvalue weighted by Crippen LogP contribution is 2.63. The van der Waals surface area contributed by atoms with Gasteiger partial charge >= 0.3 is 0 Å². The monoisotopic (exact) mass is 1120 g/mol. The van der Waals surface area contributed by atoms with Gasteiger partial charge in [0, 0.05) is 50.6 Å². The van der Waals surface area contributed by atoms with Crippen molar-refractivity contribution in [2.75, 3.05) is 14.7 Å². The smallest absolute Gasteiger partial charge is 0.297 e. The Hall–Kier alpha value is -5.68. The van der Waals surface area contributed by atoms with E-state index in [1.165, 1.54) is 150 Å². The molecule has 1 aromatic heterocycles. The van der Waals surface area contributed by atoms with Crippen LogP contribution < -0.4 is 31.3 Å². The van der Waals surface area contributed by atoms with E-state index in [-0.39, 0.29) is 61.0 Å². The largest absolute Gasteiger partial charge is 0.468 e. The van der Waals surface area contributed by atoms with Gasteiger partial charge < -0.3 is 19.1 Å². The molecule has 4 aliphatic carbocycles. The predicted molar refractivity (Wildman–Crippen MR) is 361 cm³/mol. The molecular weight excluding hydrogens is 1020 g/mol. The minimum absolute atomic E-state index is 0.00699. The average molecular weight is 1120 g/mol. The predicted octanol–water partition coefficient (Wildman–Crippen LogP) is 20.2. The van der Waals surface area contributed by atoms with Crippen molar-refractivity contribution in [1.29, 1.82) is 0 Å². The molecule has 2 atom stereocenters. The fourth-order valence-electron chi connectivity index (χ4n) is 17.9. The lowest BCUT2D eigenvalue weighted by Crippen LogP contribution is -2.61. The van der Waals surface area contributed by atoms with Crippen LogP contribution in [0.2, 0.25) is 0 Å². The Morgan fingerprint density at radius 2 is 0.917 bits per heavy atom. The van der Waals surface area contributed by atoms with Gasteiger partial charge in [0.05, 0.1) is 16.9 Å². The molecule has 0 amide bonds. The zero-order valence-corrected chi connectivity index (χ0v) is 55.6. The Morgan fingerprint density at radius 1 is 0.417 bits per heavy atom. The number of benzene rings is 6. The third-order valence-corrected chi connectivity index (χ3v) is 24.2. The van der Waals surface area contributed by atoms with Crippen molar-refractivity contribution in [1.82, 2.24) is 0 Å². The molecule has 3 aliphatic heterocycles. The number of furan rings is 1. The van der Waals surface area contributed by atoms with Crippen LogP contribution in [0.1, 0.15) is 258 Å². The lowest BCUT2D eigenvalue weighted by molar-refractivity contribution is 0.195. The Balaban J connectivity index is 1.16. The molecule has 7 aliphatic rings. The van der Waals surface area contributed by atoms with Gasteiger partial charge in [-0.1, -0.05) is 181 Å². The Labute approximate surface area is 506 Å². The summed E-state index contributed by atoms with van der Waals surface area (Å²) >= 11 is 0. The summed E-state index contributed by atoms with van der Waals surface area (Å²) < 4.78 is 7.92. The number of aryl methyl sites for hydroxylation is 1. The molecule has 2 unspecified atom stereocenters. The summed E-state index contributed by atoms with van der Waals surface area (Å²) in [5, 5.41) is 1.23. The molecule has 0 spiro atoms. The molecule has 0 N–H and O–H groups in total. The Kier molecular flexibility index (Phi) is 11.6. The van der Waals surface area contributed by atoms with Gasteiger partial charge in [-0.05, 0) is 230 Å². The van der Waals surface area contributed by atoms with Crippen LogP contribution in [0.5, 0.6) is 0 Å². The number of fused-ring (bicyclic) bond motifs is 12. The number of nitrogens with zero attached hydrogens (tertiary/aromatic N) is 3. The van der Waals surface area contributed by atoms with Crippen molar-refractivity contribution >= 4 is 79.8 Å². The van der Waals surface area contributed by atoms with E-state index in [4.69, 9.17) is 4.42 Å². The molecule has 5 heteroatoms. The van der Waals surface area contributed by atoms with Crippen molar-refractivity contribution in [2.45, 2.75) is 264 Å². The van der Waals surface area contributed by atoms with E-state index in [2.05, 4.69) is 251 Å². The lowest BCUT2D eigenvalue weighted by Gasteiger charge is -2.51. The van der Waals surface area contributed by atoms with Crippen molar-refractivity contribution in [3.8, 4) is 0 Å². The van der Waals surface area contributed by atoms with Crippen LogP contribution in [0.4, 0.5) is 45.5 Å². The van der Waals surface area contributed by atoms with E-state index in [1.807, 2.05) is 0 Å². The van der Waals surface area contributed by atoms with Crippen LogP contribution in [-0.4, -0.2) is 12.3 Å². The number of hydrogen-bond acceptors (Lipinski definition) is 4. The van der Waals surface area contributed by atoms with Crippen LogP contribution in [0, 0.1) is 6.92 Å². The minimum Gasteiger partial charge on any atom is -0.468 e. The second-order valence-corrected chi connectivity index (χ2v) is 34.6. The normalized spacial score (nSPS) is 24.3. The SMILES string of the molecule is Cc1cc2c(cc1N1c3ccc(C(C)(C)C)cc3B3c4oc5cc6c(cc5c4N(c4ccc5c(c4)C(C)(C)CCC5(C)C)c4cc(N5c7ccc(C(C)(C)C)cc7C7(C)CCCCC57C)cc1c43)C(C)(C)CCC6(C)C)C(C)(C)CCC2(C)C. The van der Waals surface area contributed by atoms with Gasteiger partial charge in [0.25, 0.3) is 6.71 Å². The van der Waals surface area contributed by atoms with E-state index >= 15 is 0 Å². The van der Waals surface area contributed by atoms with Gasteiger partial charge in [-0.2, -0.15) is 0 Å². The van der Waals surface area contributed by atoms with Gasteiger partial charge in [-0.25, -0.2) is 0 Å². The molecule has 0 saturated heterocycles. The standard InChI is InChI=1S/C79H98BN3O/c1-47-38-54-57(76(16,17)36-34-73(54,10)11)45-63(47)82-62-29-25-49(71(5,6)7)40-60(62)80-67-64(42-51(43-65(67)82)83-61-28-24-48(70(2,3)4)39-59(61)78(20)30-22-23-31-79(78,83)21)81(50-26-27-53-55(41-50)74(12,13)33-32-72(53,8)9)68-52-44-56-58(46-66(52)84-69(68)80)77(18,19)37-35-75(56,14)15/h24-29,38-46H,22-23,30-37H2,1-21H3. The first-order valence-electron chi connectivity index (χ1n) is 32.8. The van der Waals surface area contributed by atoms with Gasteiger partial charge in [0.1, 0.15) is 5.58 Å². The highest BCUT2D eigenvalue weighted by molar-refractivity contribution is 7.00. The fraction of sp³-hybridized carbons (Fsp3) is 0.519. The first-order chi connectivity index (χ1) is 39.0. The van der Waals surface area contributed by atoms with Crippen LogP contribution in [-0.2, 0) is 48.7 Å². The Morgan fingerprint density at radius 3 is 1.51 bits per heavy atom. The van der Waals surface area contributed by atoms with Crippen LogP contribution in [0.15, 0.2) is 95.4 Å². The van der Waals surface area contributed by atoms with E-state index in [1.54, 1.807) is 0 Å². The maximum Gasteiger partial charge on any atom is 0.297 e. The molecule has 4 nitrogen and oxygen atoms in total. The summed E-state index contributed by atoms with van der Waals surface area (Å²) in [5.74, 6) is 0. The summed E-state index contributed by atoms with van der Waals surface area (Å²) in [7, 11) is 0. The van der Waals surface area contributed by atoms with Crippen LogP contribution >= 0.6 is 0 Å². The van der Waals surface area contributed by atoms with E-state index in [0.717, 1.165) is 43.3 Å². The van der Waals surface area contributed by atoms with Crippen molar-refractivity contribution in [2.24, 2.45) is 0 Å². The molecule has 1 fully saturated rings. The zero-order chi connectivity index (χ0) is 60.0. The molecule has 7 aromatic rings. The summed E-state index contributed by atoms with van der Waals surface area (Å²) in [6.45, 7) is 51.6. The van der Waals surface area contributed by atoms with E-state index in [9.17, 15) is 0 Å². The van der Waals surface area contributed by atoms with E-state index in [0.29, 0.717) is 0 Å². The van der Waals surface area contributed by atoms with Crippen molar-refractivity contribution in [3.63, 3.8) is 0 Å². The fourth-order valence-corrected chi connectivity index (χ4v) is 17.9. The molecule has 84 heavy (non-hydrogen) atoms. The molecule has 14 rings (SSSR count). The van der Waals surface area contributed by atoms with E-state index < -0.39 is 0 Å². The van der Waals surface area contributed by atoms with Gasteiger partial charge in [-0.15, -0.1) is 0 Å². The minimum atomic E-state index is -0.175. The number of hydrogen-bond donors (Lipinski definition) is 0. The second kappa shape index (κ2) is 17.3. The van der Waals surface area contributed by atoms with Crippen LogP contribution in [0.3, 0.4) is 0 Å². The summed E-state index contributed by atoms with van der Waals surface area (Å²) in [6.07, 6.45) is 11.7. The third kappa shape index (κ3) is 7.75. The molecule has 1 saturated carbocycles. The van der Waals surface area contributed by atoms with Gasteiger partial charge in [-0.3, -0.25) is 0 Å². The summed E-state index contributed by atoms with van der Waals surface area (Å²) in [6, 6.07) is 38.5. The summed E-state index contributed by atoms with van der Waals surface area (Å²) in [5.41, 5.74) is 29.3. The first-order valence-corrected chi connectivity index (χ1v) is 32.8. The van der Waals surface area contributed by atoms with Crippen molar-refractivity contribution in [3.05, 3.63) is 147 Å². The molecular formula is C79H98BN3O. The maximum atomic E-state index is 7.92. The molecule has 6 aromatic carbocycles. The second-order valence-electron chi connectivity index (χ2n) is 34.6. The van der Waals surface area contributed by atoms with Crippen molar-refractivity contribution < 1.29 is 4.42 Å². The maximum absolute atomic E-state index is 7.92. The van der Waals surface area contributed by atoms with Gasteiger partial charge in [0.15, 0.2) is 0 Å². The highest BCUT2D eigenvalue weighted by atomic mass is 16.3. The molecule has 4 heterocycles. The topological polar surface area (TPSA) is 22.9 Å². The zero-order valence-electron chi connectivity index (χ0n) is 55.6. The number of anilines is 8. The average Bonchev–Trinajstić information content (AvgIpc) is 1.64. The highest BCUT2D eigenvalue weighted by Gasteiger charge is 2.59. The Bertz CT molecular complexity index is 3970. The first kappa shape index (κ1) is 56.2. The van der Waals surface area contributed by atoms with Gasteiger partial charge in [0.2, 0.25) is 0 Å². The number of rotatable bonds is 3. The third-order valence-electron chi connectivity index (χ3n) is 24.2. The summed E-state index contributed by atoms with van der Waals surface area (Å²) in [4.78, 5) is 8.38. The quantitative estimate of drug-likeness (QED) is 0.165. The molecule has 438 valence electrons. The molecule has 0 bridgehead atoms. The lowest BCUT2D eigenvalue weighted by atomic mass is 9.35. The molecule has 0 radical (unpaired) electrons.